The summed E-state index contributed by atoms with van der Waals surface area (Å²) in [5, 5.41) is 10.8. The number of aliphatic hydroxyl groups excluding tert-OH is 1. The molecule has 1 aromatic heterocycles. The summed E-state index contributed by atoms with van der Waals surface area (Å²) in [6, 6.07) is 26.7. The Hall–Kier alpha value is -1.78. The Kier molecular flexibility index (Phi) is 11.2. The maximum absolute atomic E-state index is 11.5. The molecule has 0 amide bonds. The minimum absolute atomic E-state index is 0. The van der Waals surface area contributed by atoms with Crippen molar-refractivity contribution in [3.63, 3.8) is 0 Å². The Bertz CT molecular complexity index is 1170. The third kappa shape index (κ3) is 7.14. The monoisotopic (exact) mass is 703 g/mol. The number of aliphatic hydroxyl groups is 1. The predicted octanol–water partition coefficient (Wildman–Crippen LogP) is 5.58. The van der Waals surface area contributed by atoms with Crippen LogP contribution in [0.5, 0.6) is 5.75 Å². The predicted molar refractivity (Wildman–Crippen MR) is 135 cm³/mol. The molecule has 1 N–H and O–H groups in total. The Balaban J connectivity index is 0.00000342. The molecule has 0 saturated carbocycles. The van der Waals surface area contributed by atoms with Gasteiger partial charge in [-0.1, -0.05) is 72.8 Å². The minimum atomic E-state index is -0.455. The first-order chi connectivity index (χ1) is 16.7. The standard InChI is InChI=1S/C28H28O5S.Ac/c1-31-26(30)19-32-25-14-8-13-23-22(24(15-17-29)33-27(23)25)16-18-34-28(20-9-4-2-5-10-20)21-11-6-3-7-12-21;/h2-14,28-29H,15-19H2,1H3;. The van der Waals surface area contributed by atoms with Crippen LogP contribution in [0.4, 0.5) is 0 Å². The van der Waals surface area contributed by atoms with Gasteiger partial charge in [0.15, 0.2) is 17.9 Å². The number of hydrogen-bond donors (Lipinski definition) is 1. The summed E-state index contributed by atoms with van der Waals surface area (Å²) in [5.41, 5.74) is 4.20. The molecule has 4 aromatic rings. The van der Waals surface area contributed by atoms with Gasteiger partial charge in [0.25, 0.3) is 0 Å². The van der Waals surface area contributed by atoms with Gasteiger partial charge in [0.2, 0.25) is 0 Å². The van der Waals surface area contributed by atoms with Crippen molar-refractivity contribution in [1.29, 1.82) is 0 Å². The number of aryl methyl sites for hydroxylation is 1. The number of furan rings is 1. The van der Waals surface area contributed by atoms with Gasteiger partial charge in [-0.25, -0.2) is 4.79 Å². The molecule has 0 bridgehead atoms. The van der Waals surface area contributed by atoms with Crippen molar-refractivity contribution >= 4 is 28.7 Å². The Morgan fingerprint density at radius 2 is 1.60 bits per heavy atom. The van der Waals surface area contributed by atoms with E-state index in [1.165, 1.54) is 18.2 Å². The first kappa shape index (κ1) is 27.8. The quantitative estimate of drug-likeness (QED) is 0.206. The molecule has 0 unspecified atom stereocenters. The molecule has 0 fully saturated rings. The number of hydrogen-bond acceptors (Lipinski definition) is 6. The summed E-state index contributed by atoms with van der Waals surface area (Å²) in [4.78, 5) is 11.5. The number of benzene rings is 3. The maximum atomic E-state index is 11.5. The van der Waals surface area contributed by atoms with Crippen LogP contribution in [0.25, 0.3) is 11.0 Å². The van der Waals surface area contributed by atoms with Gasteiger partial charge < -0.3 is 19.0 Å². The molecule has 0 aliphatic carbocycles. The van der Waals surface area contributed by atoms with E-state index >= 15 is 0 Å². The van der Waals surface area contributed by atoms with Crippen LogP contribution < -0.4 is 4.74 Å². The topological polar surface area (TPSA) is 68.9 Å². The molecule has 179 valence electrons. The van der Waals surface area contributed by atoms with Crippen LogP contribution in [0.1, 0.15) is 27.7 Å². The van der Waals surface area contributed by atoms with E-state index in [1.807, 2.05) is 36.0 Å². The van der Waals surface area contributed by atoms with Crippen molar-refractivity contribution in [2.75, 3.05) is 26.1 Å². The first-order valence-electron chi connectivity index (χ1n) is 11.3. The Morgan fingerprint density at radius 1 is 0.943 bits per heavy atom. The molecule has 0 aliphatic rings. The number of para-hydroxylation sites is 1. The van der Waals surface area contributed by atoms with E-state index in [4.69, 9.17) is 9.15 Å². The van der Waals surface area contributed by atoms with E-state index in [0.29, 0.717) is 17.8 Å². The Morgan fingerprint density at radius 3 is 2.20 bits per heavy atom. The molecule has 1 radical (unpaired) electrons. The van der Waals surface area contributed by atoms with E-state index < -0.39 is 5.97 Å². The van der Waals surface area contributed by atoms with Crippen molar-refractivity contribution in [1.82, 2.24) is 0 Å². The molecule has 5 nitrogen and oxygen atoms in total. The largest absolute Gasteiger partial charge is 0.478 e. The average Bonchev–Trinajstić information content (AvgIpc) is 3.24. The van der Waals surface area contributed by atoms with Gasteiger partial charge in [-0.3, -0.25) is 0 Å². The van der Waals surface area contributed by atoms with Gasteiger partial charge >= 0.3 is 5.97 Å². The SMILES string of the molecule is COC(=O)COc1cccc2c(CCSC(c3ccccc3)c3ccccc3)c(CCO)oc12.[Ac]. The molecule has 3 aromatic carbocycles. The van der Waals surface area contributed by atoms with Gasteiger partial charge in [-0.15, -0.1) is 11.8 Å². The van der Waals surface area contributed by atoms with Crippen LogP contribution >= 0.6 is 11.8 Å². The van der Waals surface area contributed by atoms with Gasteiger partial charge in [-0.05, 0) is 29.4 Å². The van der Waals surface area contributed by atoms with Gasteiger partial charge in [-0.2, -0.15) is 0 Å². The van der Waals surface area contributed by atoms with Crippen molar-refractivity contribution in [3.05, 3.63) is 101 Å². The fraction of sp³-hybridized carbons (Fsp3) is 0.250. The summed E-state index contributed by atoms with van der Waals surface area (Å²) in [7, 11) is 1.33. The zero-order valence-corrected chi connectivity index (χ0v) is 25.2. The number of fused-ring (bicyclic) bond motifs is 1. The summed E-state index contributed by atoms with van der Waals surface area (Å²) in [6.45, 7) is -0.193. The zero-order chi connectivity index (χ0) is 23.8. The average molecular weight is 704 g/mol. The number of esters is 1. The van der Waals surface area contributed by atoms with Crippen LogP contribution in [0.15, 0.2) is 83.3 Å². The molecule has 0 aliphatic heterocycles. The van der Waals surface area contributed by atoms with Crippen molar-refractivity contribution in [2.24, 2.45) is 0 Å². The van der Waals surface area contributed by atoms with Gasteiger partial charge in [0.05, 0.1) is 19.0 Å². The van der Waals surface area contributed by atoms with Crippen LogP contribution in [0.2, 0.25) is 0 Å². The molecule has 0 saturated heterocycles. The number of ether oxygens (including phenoxy) is 2. The molecule has 4 rings (SSSR count). The summed E-state index contributed by atoms with van der Waals surface area (Å²) >= 11 is 1.89. The number of rotatable bonds is 11. The van der Waals surface area contributed by atoms with E-state index in [9.17, 15) is 9.90 Å². The van der Waals surface area contributed by atoms with Crippen LogP contribution in [-0.4, -0.2) is 37.2 Å². The van der Waals surface area contributed by atoms with E-state index in [1.54, 1.807) is 6.07 Å². The third-order valence-electron chi connectivity index (χ3n) is 5.62. The fourth-order valence-corrected chi connectivity index (χ4v) is 5.26. The molecule has 7 heteroatoms. The number of carbonyl (C=O) groups excluding carboxylic acids is 1. The van der Waals surface area contributed by atoms with Crippen molar-refractivity contribution in [2.45, 2.75) is 18.1 Å². The molecule has 0 atom stereocenters. The number of carbonyl (C=O) groups is 1. The fourth-order valence-electron chi connectivity index (χ4n) is 4.00. The van der Waals surface area contributed by atoms with Gasteiger partial charge in [0, 0.05) is 61.4 Å². The van der Waals surface area contributed by atoms with E-state index in [2.05, 4.69) is 53.3 Å². The zero-order valence-electron chi connectivity index (χ0n) is 19.7. The molecule has 0 spiro atoms. The first-order valence-corrected chi connectivity index (χ1v) is 12.3. The molecular formula is C28H28AcO5S. The van der Waals surface area contributed by atoms with Crippen molar-refractivity contribution in [3.8, 4) is 5.75 Å². The normalized spacial score (nSPS) is 10.8. The second-order valence-electron chi connectivity index (χ2n) is 7.80. The third-order valence-corrected chi connectivity index (χ3v) is 6.94. The Labute approximate surface area is 245 Å². The van der Waals surface area contributed by atoms with E-state index in [0.717, 1.165) is 28.9 Å². The van der Waals surface area contributed by atoms with Gasteiger partial charge in [0.1, 0.15) is 5.76 Å². The minimum Gasteiger partial charge on any atom is -0.478 e. The van der Waals surface area contributed by atoms with Crippen LogP contribution in [0, 0.1) is 44.1 Å². The van der Waals surface area contributed by atoms with Crippen LogP contribution in [0.3, 0.4) is 0 Å². The van der Waals surface area contributed by atoms with Crippen molar-refractivity contribution < 1.29 is 67.9 Å². The summed E-state index contributed by atoms with van der Waals surface area (Å²) in [6.07, 6.45) is 1.20. The number of methoxy groups -OCH3 is 1. The molecular weight excluding hydrogens is 675 g/mol. The summed E-state index contributed by atoms with van der Waals surface area (Å²) < 4.78 is 16.4. The van der Waals surface area contributed by atoms with Crippen LogP contribution in [-0.2, 0) is 22.4 Å². The second kappa shape index (κ2) is 14.1. The second-order valence-corrected chi connectivity index (χ2v) is 9.01. The smallest absolute Gasteiger partial charge is 0.343 e. The molecule has 1 heterocycles. The van der Waals surface area contributed by atoms with E-state index in [-0.39, 0.29) is 62.5 Å². The summed E-state index contributed by atoms with van der Waals surface area (Å²) in [5.74, 6) is 1.66. The number of thioether (sulfide) groups is 1. The molecule has 35 heavy (non-hydrogen) atoms. The maximum Gasteiger partial charge on any atom is 0.343 e.